The number of carbonyl (C=O) groups excluding carboxylic acids is 1. The molecule has 0 aromatic heterocycles. The fourth-order valence-electron chi connectivity index (χ4n) is 2.50. The molecule has 1 rings (SSSR count). The first-order valence-electron chi connectivity index (χ1n) is 4.99. The summed E-state index contributed by atoms with van der Waals surface area (Å²) in [5.41, 5.74) is -3.37. The highest BCUT2D eigenvalue weighted by Crippen LogP contribution is 2.58. The number of carbonyl (C=O) groups is 1. The molecule has 6 nitrogen and oxygen atoms in total. The van der Waals surface area contributed by atoms with E-state index in [1.54, 1.807) is 13.8 Å². The molecule has 1 saturated heterocycles. The summed E-state index contributed by atoms with van der Waals surface area (Å²) in [5.74, 6) is -0.443. The molecule has 1 unspecified atom stereocenters. The molecule has 0 aliphatic carbocycles. The van der Waals surface area contributed by atoms with Gasteiger partial charge in [0.05, 0.1) is 5.54 Å². The van der Waals surface area contributed by atoms with Gasteiger partial charge in [-0.05, 0) is 27.7 Å². The van der Waals surface area contributed by atoms with Crippen molar-refractivity contribution in [1.82, 2.24) is 5.06 Å². The maximum absolute atomic E-state index is 11.8. The molecule has 0 radical (unpaired) electrons. The SMILES string of the molecule is CC1(C)CC(=O)C([P+](O)(O)O)C(C)(C)N1O. The summed E-state index contributed by atoms with van der Waals surface area (Å²) < 4.78 is 0. The molecule has 1 aliphatic heterocycles. The number of rotatable bonds is 1. The van der Waals surface area contributed by atoms with Crippen molar-refractivity contribution in [2.75, 3.05) is 0 Å². The standard InChI is InChI=1S/C9H19NO5P/c1-8(2)5-6(11)7(16(13,14)15)9(3,4)10(8)12/h7,12-15H,5H2,1-4H3/q+1. The topological polar surface area (TPSA) is 101 Å². The summed E-state index contributed by atoms with van der Waals surface area (Å²) in [6.07, 6.45) is -0.0406. The summed E-state index contributed by atoms with van der Waals surface area (Å²) in [4.78, 5) is 39.7. The van der Waals surface area contributed by atoms with Crippen LogP contribution < -0.4 is 0 Å². The van der Waals surface area contributed by atoms with E-state index in [2.05, 4.69) is 0 Å². The predicted molar refractivity (Wildman–Crippen MR) is 58.8 cm³/mol. The van der Waals surface area contributed by atoms with Crippen molar-refractivity contribution in [3.8, 4) is 0 Å². The van der Waals surface area contributed by atoms with Crippen molar-refractivity contribution in [2.24, 2.45) is 0 Å². The van der Waals surface area contributed by atoms with E-state index in [0.29, 0.717) is 0 Å². The van der Waals surface area contributed by atoms with Crippen molar-refractivity contribution < 1.29 is 24.7 Å². The molecule has 1 atom stereocenters. The van der Waals surface area contributed by atoms with Crippen LogP contribution in [0.4, 0.5) is 0 Å². The van der Waals surface area contributed by atoms with E-state index in [1.807, 2.05) is 0 Å². The van der Waals surface area contributed by atoms with E-state index < -0.39 is 30.5 Å². The van der Waals surface area contributed by atoms with Gasteiger partial charge in [0.25, 0.3) is 0 Å². The van der Waals surface area contributed by atoms with Gasteiger partial charge >= 0.3 is 7.94 Å². The molecule has 1 fully saturated rings. The fourth-order valence-corrected chi connectivity index (χ4v) is 3.94. The van der Waals surface area contributed by atoms with Crippen LogP contribution in [0.15, 0.2) is 0 Å². The van der Waals surface area contributed by atoms with Crippen molar-refractivity contribution in [1.29, 1.82) is 0 Å². The number of piperidine rings is 1. The van der Waals surface area contributed by atoms with E-state index in [1.165, 1.54) is 13.8 Å². The second-order valence-electron chi connectivity index (χ2n) is 5.44. The third-order valence-corrected chi connectivity index (χ3v) is 4.66. The average Bonchev–Trinajstić information content (AvgIpc) is 1.95. The Balaban J connectivity index is 3.19. The van der Waals surface area contributed by atoms with Gasteiger partial charge in [-0.15, -0.1) is 0 Å². The van der Waals surface area contributed by atoms with Crippen molar-refractivity contribution in [2.45, 2.75) is 50.9 Å². The van der Waals surface area contributed by atoms with E-state index in [4.69, 9.17) is 0 Å². The van der Waals surface area contributed by atoms with Crippen LogP contribution in [0.25, 0.3) is 0 Å². The van der Waals surface area contributed by atoms with Crippen LogP contribution in [0, 0.1) is 0 Å². The molecule has 7 heteroatoms. The van der Waals surface area contributed by atoms with Gasteiger partial charge < -0.3 is 5.21 Å². The van der Waals surface area contributed by atoms with Crippen LogP contribution in [0.1, 0.15) is 34.1 Å². The first-order valence-corrected chi connectivity index (χ1v) is 6.71. The van der Waals surface area contributed by atoms with Gasteiger partial charge in [0.15, 0.2) is 5.78 Å². The average molecular weight is 252 g/mol. The minimum Gasteiger partial charge on any atom is -0.313 e. The van der Waals surface area contributed by atoms with Gasteiger partial charge in [0.1, 0.15) is 0 Å². The fraction of sp³-hybridized carbons (Fsp3) is 0.889. The largest absolute Gasteiger partial charge is 0.416 e. The number of hydrogen-bond acceptors (Lipinski definition) is 6. The van der Waals surface area contributed by atoms with Gasteiger partial charge in [0, 0.05) is 12.0 Å². The Morgan fingerprint density at radius 2 is 1.69 bits per heavy atom. The Hall–Kier alpha value is -0.100. The van der Waals surface area contributed by atoms with E-state index in [0.717, 1.165) is 5.06 Å². The summed E-state index contributed by atoms with van der Waals surface area (Å²) in [6, 6.07) is 0. The van der Waals surface area contributed by atoms with Gasteiger partial charge in [-0.1, -0.05) is 0 Å². The molecule has 94 valence electrons. The first kappa shape index (κ1) is 14.0. The molecule has 4 N–H and O–H groups in total. The summed E-state index contributed by atoms with van der Waals surface area (Å²) in [7, 11) is -4.31. The molecular formula is C9H19NO5P+. The number of nitrogens with zero attached hydrogens (tertiary/aromatic N) is 1. The zero-order chi connectivity index (χ0) is 12.9. The lowest BCUT2D eigenvalue weighted by Crippen LogP contribution is -2.66. The monoisotopic (exact) mass is 252 g/mol. The molecule has 0 spiro atoms. The molecule has 0 saturated carbocycles. The highest BCUT2D eigenvalue weighted by Gasteiger charge is 2.64. The van der Waals surface area contributed by atoms with Crippen molar-refractivity contribution in [3.63, 3.8) is 0 Å². The molecule has 0 aromatic rings. The highest BCUT2D eigenvalue weighted by molar-refractivity contribution is 7.60. The van der Waals surface area contributed by atoms with Gasteiger partial charge in [-0.25, -0.2) is 0 Å². The lowest BCUT2D eigenvalue weighted by molar-refractivity contribution is -0.236. The molecular weight excluding hydrogens is 233 g/mol. The van der Waals surface area contributed by atoms with Crippen molar-refractivity contribution >= 4 is 13.7 Å². The summed E-state index contributed by atoms with van der Waals surface area (Å²) >= 11 is 0. The Kier molecular flexibility index (Phi) is 3.23. The zero-order valence-corrected chi connectivity index (χ0v) is 10.8. The Morgan fingerprint density at radius 3 is 2.06 bits per heavy atom. The number of hydrogen-bond donors (Lipinski definition) is 4. The Morgan fingerprint density at radius 1 is 1.25 bits per heavy atom. The lowest BCUT2D eigenvalue weighted by atomic mass is 9.81. The summed E-state index contributed by atoms with van der Waals surface area (Å²) in [5, 5.41) is 10.9. The quantitative estimate of drug-likeness (QED) is 0.501. The van der Waals surface area contributed by atoms with E-state index in [-0.39, 0.29) is 6.42 Å². The van der Waals surface area contributed by atoms with Crippen LogP contribution in [-0.2, 0) is 4.79 Å². The number of ketones is 1. The van der Waals surface area contributed by atoms with E-state index in [9.17, 15) is 24.7 Å². The van der Waals surface area contributed by atoms with Crippen molar-refractivity contribution in [3.05, 3.63) is 0 Å². The summed E-state index contributed by atoms with van der Waals surface area (Å²) in [6.45, 7) is 6.34. The second-order valence-corrected chi connectivity index (χ2v) is 7.18. The van der Waals surface area contributed by atoms with Crippen LogP contribution in [-0.4, -0.2) is 47.5 Å². The smallest absolute Gasteiger partial charge is 0.313 e. The molecule has 0 aromatic carbocycles. The Bertz CT molecular complexity index is 310. The molecule has 16 heavy (non-hydrogen) atoms. The maximum Gasteiger partial charge on any atom is 0.416 e. The van der Waals surface area contributed by atoms with Crippen LogP contribution >= 0.6 is 7.94 Å². The second kappa shape index (κ2) is 3.70. The molecule has 1 aliphatic rings. The Labute approximate surface area is 95.0 Å². The third-order valence-electron chi connectivity index (χ3n) is 3.05. The minimum absolute atomic E-state index is 0.0406. The number of hydroxylamine groups is 2. The molecule has 0 amide bonds. The van der Waals surface area contributed by atoms with E-state index >= 15 is 0 Å². The normalized spacial score (nSPS) is 30.5. The maximum atomic E-state index is 11.8. The van der Waals surface area contributed by atoms with Crippen LogP contribution in [0.2, 0.25) is 0 Å². The van der Waals surface area contributed by atoms with Gasteiger partial charge in [0.2, 0.25) is 5.66 Å². The first-order chi connectivity index (χ1) is 6.90. The van der Waals surface area contributed by atoms with Gasteiger partial charge in [-0.2, -0.15) is 19.7 Å². The van der Waals surface area contributed by atoms with Gasteiger partial charge in [-0.3, -0.25) is 4.79 Å². The molecule has 0 bridgehead atoms. The third kappa shape index (κ3) is 2.14. The number of Topliss-reactive ketones (excluding diaryl/α,β-unsaturated/α-hetero) is 1. The lowest BCUT2D eigenvalue weighted by Gasteiger charge is -2.49. The van der Waals surface area contributed by atoms with Crippen LogP contribution in [0.5, 0.6) is 0 Å². The van der Waals surface area contributed by atoms with Crippen LogP contribution in [0.3, 0.4) is 0 Å². The highest BCUT2D eigenvalue weighted by atomic mass is 31.2. The zero-order valence-electron chi connectivity index (χ0n) is 9.88. The minimum atomic E-state index is -4.31. The molecule has 1 heterocycles. The predicted octanol–water partition coefficient (Wildman–Crippen LogP) is 0.316.